The molecule has 0 atom stereocenters. The number of hydrogen-bond acceptors (Lipinski definition) is 6. The van der Waals surface area contributed by atoms with Crippen molar-refractivity contribution in [2.75, 3.05) is 19.6 Å². The van der Waals surface area contributed by atoms with E-state index in [1.807, 2.05) is 109 Å². The number of fused-ring (bicyclic) bond motifs is 6. The standard InChI is InChI=1S/C63H47N6.Pt/c1-63(2,3)46-38-49(66-43-67(59-31-16-15-30-58(59)66)62-51(44-20-7-4-8-21-44)27-19-28-52(62)45-22-9-5-10-23-45)40-50(39-46)68(47-24-11-6-12-25-47)48-33-34-55-53-35-37-64-42-56(53)54-26-13-14-29-57(54)69(60(55)41-48)61-32-17-18-36-65-61;/h4-39,42-43H,1-3H3;/q-3;/i4D,5D,7D,8D,9D,10D,20D,21D,22D,23D;. The number of nitrogens with zero attached hydrogens (tertiary/aromatic N) is 6. The van der Waals surface area contributed by atoms with Crippen LogP contribution in [0.1, 0.15) is 40.0 Å². The fraction of sp³-hybridized carbons (Fsp3) is 0.0635. The van der Waals surface area contributed by atoms with E-state index in [2.05, 4.69) is 84.1 Å². The number of benzene rings is 8. The summed E-state index contributed by atoms with van der Waals surface area (Å²) in [5.41, 5.74) is 10.5. The molecule has 4 heterocycles. The summed E-state index contributed by atoms with van der Waals surface area (Å²) >= 11 is 0. The van der Waals surface area contributed by atoms with E-state index in [1.165, 1.54) is 0 Å². The number of para-hydroxylation sites is 5. The first-order chi connectivity index (χ1) is 38.0. The Morgan fingerprint density at radius 1 is 0.543 bits per heavy atom. The van der Waals surface area contributed by atoms with Crippen molar-refractivity contribution in [2.24, 2.45) is 0 Å². The molecule has 2 aliphatic rings. The third-order valence-electron chi connectivity index (χ3n) is 12.5. The van der Waals surface area contributed by atoms with Gasteiger partial charge < -0.3 is 19.6 Å². The molecular formula is C63H47N6Pt-3. The van der Waals surface area contributed by atoms with Gasteiger partial charge in [0.2, 0.25) is 0 Å². The molecule has 0 saturated heterocycles. The Kier molecular flexibility index (Phi) is 9.03. The second kappa shape index (κ2) is 18.5. The molecule has 0 fully saturated rings. The Hall–Kier alpha value is -8.05. The molecule has 6 nitrogen and oxygen atoms in total. The summed E-state index contributed by atoms with van der Waals surface area (Å²) < 4.78 is 88.6. The SMILES string of the molecule is [2H]c1c([2H])c([2H])c(-c2cccc(-c3c([2H])c([2H])c([2H])c([2H])c3[2H])c2N2[CH-]N(c3[c-]c(N(c4[c-]c5c(cc4)-c4ccncc4-c4ccccc4N5c4ccccn4)c4ccccc4)cc(C(C)(C)C)c3)c3ccccc32)c([2H])c1[2H].[Pt]. The topological polar surface area (TPSA) is 38.7 Å². The molecule has 7 heteroatoms. The van der Waals surface area contributed by atoms with Crippen molar-refractivity contribution in [1.82, 2.24) is 9.97 Å². The molecule has 0 saturated carbocycles. The normalized spacial score (nSPS) is 14.5. The minimum absolute atomic E-state index is 0. The van der Waals surface area contributed by atoms with E-state index in [4.69, 9.17) is 13.2 Å². The van der Waals surface area contributed by atoms with Gasteiger partial charge in [0.15, 0.2) is 0 Å². The van der Waals surface area contributed by atoms with E-state index in [0.717, 1.165) is 44.9 Å². The van der Waals surface area contributed by atoms with Crippen LogP contribution in [0.5, 0.6) is 0 Å². The summed E-state index contributed by atoms with van der Waals surface area (Å²) in [6, 6.07) is 49.5. The zero-order chi connectivity index (χ0) is 55.2. The minimum Gasteiger partial charge on any atom is -0.493 e. The number of rotatable bonds is 8. The summed E-state index contributed by atoms with van der Waals surface area (Å²) in [5, 5.41) is 0. The second-order valence-corrected chi connectivity index (χ2v) is 17.7. The van der Waals surface area contributed by atoms with Crippen molar-refractivity contribution in [3.8, 4) is 44.5 Å². The van der Waals surface area contributed by atoms with Crippen molar-refractivity contribution in [2.45, 2.75) is 26.2 Å². The number of anilines is 10. The zero-order valence-corrected chi connectivity index (χ0v) is 40.4. The van der Waals surface area contributed by atoms with Crippen molar-refractivity contribution < 1.29 is 34.8 Å². The van der Waals surface area contributed by atoms with Crippen LogP contribution in [0.3, 0.4) is 0 Å². The second-order valence-electron chi connectivity index (χ2n) is 17.7. The summed E-state index contributed by atoms with van der Waals surface area (Å²) in [4.78, 5) is 17.5. The van der Waals surface area contributed by atoms with Crippen molar-refractivity contribution in [3.63, 3.8) is 0 Å². The molecule has 0 unspecified atom stereocenters. The van der Waals surface area contributed by atoms with Gasteiger partial charge in [0, 0.05) is 79.1 Å². The van der Waals surface area contributed by atoms with Crippen LogP contribution < -0.4 is 19.6 Å². The van der Waals surface area contributed by atoms with E-state index in [1.54, 1.807) is 35.5 Å². The van der Waals surface area contributed by atoms with Gasteiger partial charge in [-0.1, -0.05) is 177 Å². The average molecular weight is 1090 g/mol. The molecule has 0 radical (unpaired) electrons. The molecule has 342 valence electrons. The molecular weight excluding hydrogens is 1040 g/mol. The van der Waals surface area contributed by atoms with Crippen LogP contribution in [-0.4, -0.2) is 9.97 Å². The monoisotopic (exact) mass is 1090 g/mol. The Bertz CT molecular complexity index is 3960. The zero-order valence-electron chi connectivity index (χ0n) is 48.2. The van der Waals surface area contributed by atoms with Crippen molar-refractivity contribution in [3.05, 3.63) is 249 Å². The Balaban J connectivity index is 0.00000675. The van der Waals surface area contributed by atoms with Crippen molar-refractivity contribution in [1.29, 1.82) is 0 Å². The number of hydrogen-bond donors (Lipinski definition) is 0. The van der Waals surface area contributed by atoms with E-state index >= 15 is 0 Å². The Labute approximate surface area is 439 Å². The van der Waals surface area contributed by atoms with E-state index in [9.17, 15) is 5.48 Å². The van der Waals surface area contributed by atoms with Crippen LogP contribution in [-0.2, 0) is 26.5 Å². The maximum Gasteiger partial charge on any atom is 0.135 e. The molecule has 12 rings (SSSR count). The van der Waals surface area contributed by atoms with E-state index in [-0.39, 0.29) is 49.0 Å². The van der Waals surface area contributed by atoms with Gasteiger partial charge in [0.05, 0.1) is 19.4 Å². The van der Waals surface area contributed by atoms with Gasteiger partial charge in [0.1, 0.15) is 5.82 Å². The van der Waals surface area contributed by atoms with Crippen LogP contribution in [0.4, 0.5) is 57.0 Å². The van der Waals surface area contributed by atoms with Gasteiger partial charge in [-0.2, -0.15) is 6.07 Å². The average Bonchev–Trinajstić information content (AvgIpc) is 3.89. The Morgan fingerprint density at radius 2 is 1.19 bits per heavy atom. The van der Waals surface area contributed by atoms with Crippen molar-refractivity contribution >= 4 is 57.0 Å². The first-order valence-corrected chi connectivity index (χ1v) is 22.6. The van der Waals surface area contributed by atoms with Gasteiger partial charge in [0.25, 0.3) is 0 Å². The van der Waals surface area contributed by atoms with Gasteiger partial charge in [-0.15, -0.1) is 53.8 Å². The van der Waals surface area contributed by atoms with Crippen LogP contribution in [0, 0.1) is 18.8 Å². The maximum absolute atomic E-state index is 9.19. The predicted octanol–water partition coefficient (Wildman–Crippen LogP) is 16.7. The minimum atomic E-state index is -0.567. The third kappa shape index (κ3) is 7.94. The molecule has 70 heavy (non-hydrogen) atoms. The van der Waals surface area contributed by atoms with Gasteiger partial charge in [-0.05, 0) is 70.6 Å². The predicted molar refractivity (Wildman–Crippen MR) is 285 cm³/mol. The number of pyridine rings is 2. The van der Waals surface area contributed by atoms with E-state index in [0.29, 0.717) is 34.3 Å². The molecule has 0 aliphatic carbocycles. The molecule has 0 bridgehead atoms. The van der Waals surface area contributed by atoms with Gasteiger partial charge in [-0.3, -0.25) is 4.98 Å². The fourth-order valence-corrected chi connectivity index (χ4v) is 9.25. The summed E-state index contributed by atoms with van der Waals surface area (Å²) in [7, 11) is 0. The van der Waals surface area contributed by atoms with Gasteiger partial charge >= 0.3 is 0 Å². The van der Waals surface area contributed by atoms with Gasteiger partial charge in [-0.25, -0.2) is 4.98 Å². The summed E-state index contributed by atoms with van der Waals surface area (Å²) in [6.07, 6.45) is 5.49. The molecule has 0 spiro atoms. The molecule has 10 aromatic rings. The van der Waals surface area contributed by atoms with Crippen LogP contribution in [0.25, 0.3) is 44.5 Å². The Morgan fingerprint density at radius 3 is 1.87 bits per heavy atom. The van der Waals surface area contributed by atoms with Crippen LogP contribution >= 0.6 is 0 Å². The molecule has 0 amide bonds. The molecule has 8 aromatic carbocycles. The van der Waals surface area contributed by atoms with Crippen LogP contribution in [0.2, 0.25) is 0 Å². The maximum atomic E-state index is 9.19. The summed E-state index contributed by atoms with van der Waals surface area (Å²) in [6.45, 7) is 8.24. The first-order valence-electron chi connectivity index (χ1n) is 27.6. The van der Waals surface area contributed by atoms with Crippen LogP contribution in [0.15, 0.2) is 225 Å². The molecule has 2 aliphatic heterocycles. The molecule has 0 N–H and O–H groups in total. The summed E-state index contributed by atoms with van der Waals surface area (Å²) in [5.74, 6) is 0.705. The third-order valence-corrected chi connectivity index (χ3v) is 12.5. The smallest absolute Gasteiger partial charge is 0.135 e. The first kappa shape index (κ1) is 34.3. The quantitative estimate of drug-likeness (QED) is 0.141. The fourth-order valence-electron chi connectivity index (χ4n) is 9.25. The largest absolute Gasteiger partial charge is 0.493 e. The van der Waals surface area contributed by atoms with E-state index < -0.39 is 65.8 Å². The number of aromatic nitrogens is 2. The molecule has 2 aromatic heterocycles.